The van der Waals surface area contributed by atoms with Crippen molar-refractivity contribution in [2.75, 3.05) is 6.61 Å². The highest BCUT2D eigenvalue weighted by atomic mass is 16.5. The van der Waals surface area contributed by atoms with Crippen LogP contribution in [0.1, 0.15) is 57.6 Å². The maximum Gasteiger partial charge on any atom is 0.124 e. The fraction of sp³-hybridized carbons (Fsp3) is 0.600. The SMILES string of the molecule is CCCCCCCOc1ccccc1C(C)N. The molecule has 0 saturated heterocycles. The van der Waals surface area contributed by atoms with Gasteiger partial charge in [-0.1, -0.05) is 50.8 Å². The average Bonchev–Trinajstić information content (AvgIpc) is 2.34. The van der Waals surface area contributed by atoms with Crippen LogP contribution < -0.4 is 10.5 Å². The predicted molar refractivity (Wildman–Crippen MR) is 73.3 cm³/mol. The molecular weight excluding hydrogens is 210 g/mol. The van der Waals surface area contributed by atoms with Crippen molar-refractivity contribution in [2.45, 2.75) is 52.0 Å². The highest BCUT2D eigenvalue weighted by molar-refractivity contribution is 5.35. The molecule has 0 bridgehead atoms. The lowest BCUT2D eigenvalue weighted by Gasteiger charge is -2.13. The number of hydrogen-bond donors (Lipinski definition) is 1. The van der Waals surface area contributed by atoms with Crippen molar-refractivity contribution < 1.29 is 4.74 Å². The Morgan fingerprint density at radius 1 is 1.12 bits per heavy atom. The molecule has 1 unspecified atom stereocenters. The van der Waals surface area contributed by atoms with Crippen LogP contribution in [-0.4, -0.2) is 6.61 Å². The molecule has 0 spiro atoms. The summed E-state index contributed by atoms with van der Waals surface area (Å²) < 4.78 is 5.80. The Labute approximate surface area is 105 Å². The number of benzene rings is 1. The van der Waals surface area contributed by atoms with Gasteiger partial charge in [0.1, 0.15) is 5.75 Å². The number of ether oxygens (including phenoxy) is 1. The number of para-hydroxylation sites is 1. The van der Waals surface area contributed by atoms with E-state index in [4.69, 9.17) is 10.5 Å². The summed E-state index contributed by atoms with van der Waals surface area (Å²) in [6.07, 6.45) is 6.32. The van der Waals surface area contributed by atoms with Gasteiger partial charge >= 0.3 is 0 Å². The van der Waals surface area contributed by atoms with Gasteiger partial charge in [-0.15, -0.1) is 0 Å². The van der Waals surface area contributed by atoms with Crippen LogP contribution in [0.4, 0.5) is 0 Å². The second-order valence-corrected chi connectivity index (χ2v) is 4.59. The second-order valence-electron chi connectivity index (χ2n) is 4.59. The summed E-state index contributed by atoms with van der Waals surface area (Å²) in [4.78, 5) is 0. The Bertz CT molecular complexity index is 310. The van der Waals surface area contributed by atoms with E-state index in [9.17, 15) is 0 Å². The largest absolute Gasteiger partial charge is 0.493 e. The Morgan fingerprint density at radius 3 is 2.53 bits per heavy atom. The molecule has 1 rings (SSSR count). The third-order valence-corrected chi connectivity index (χ3v) is 2.92. The first-order valence-electron chi connectivity index (χ1n) is 6.73. The first kappa shape index (κ1) is 14.0. The zero-order valence-electron chi connectivity index (χ0n) is 11.1. The van der Waals surface area contributed by atoms with Gasteiger partial charge in [-0.3, -0.25) is 0 Å². The van der Waals surface area contributed by atoms with E-state index in [1.165, 1.54) is 25.7 Å². The lowest BCUT2D eigenvalue weighted by Crippen LogP contribution is -2.08. The van der Waals surface area contributed by atoms with Gasteiger partial charge < -0.3 is 10.5 Å². The molecule has 2 nitrogen and oxygen atoms in total. The monoisotopic (exact) mass is 235 g/mol. The molecular formula is C15H25NO. The molecule has 0 aliphatic rings. The van der Waals surface area contributed by atoms with Crippen molar-refractivity contribution in [3.63, 3.8) is 0 Å². The molecule has 0 heterocycles. The molecule has 1 atom stereocenters. The van der Waals surface area contributed by atoms with Gasteiger partial charge in [-0.05, 0) is 19.4 Å². The average molecular weight is 235 g/mol. The van der Waals surface area contributed by atoms with Gasteiger partial charge in [-0.25, -0.2) is 0 Å². The van der Waals surface area contributed by atoms with E-state index in [1.807, 2.05) is 31.2 Å². The van der Waals surface area contributed by atoms with Crippen LogP contribution >= 0.6 is 0 Å². The van der Waals surface area contributed by atoms with Gasteiger partial charge in [-0.2, -0.15) is 0 Å². The smallest absolute Gasteiger partial charge is 0.124 e. The van der Waals surface area contributed by atoms with E-state index in [-0.39, 0.29) is 6.04 Å². The van der Waals surface area contributed by atoms with Gasteiger partial charge in [0.05, 0.1) is 6.61 Å². The number of hydrogen-bond acceptors (Lipinski definition) is 2. The first-order valence-corrected chi connectivity index (χ1v) is 6.73. The fourth-order valence-corrected chi connectivity index (χ4v) is 1.88. The highest BCUT2D eigenvalue weighted by Crippen LogP contribution is 2.23. The molecule has 2 N–H and O–H groups in total. The summed E-state index contributed by atoms with van der Waals surface area (Å²) in [7, 11) is 0. The minimum Gasteiger partial charge on any atom is -0.493 e. The molecule has 96 valence electrons. The molecule has 0 radical (unpaired) electrons. The maximum atomic E-state index is 5.90. The molecule has 0 saturated carbocycles. The van der Waals surface area contributed by atoms with Crippen LogP contribution in [0.3, 0.4) is 0 Å². The number of nitrogens with two attached hydrogens (primary N) is 1. The zero-order valence-corrected chi connectivity index (χ0v) is 11.1. The summed E-state index contributed by atoms with van der Waals surface area (Å²) in [6, 6.07) is 8.08. The molecule has 17 heavy (non-hydrogen) atoms. The quantitative estimate of drug-likeness (QED) is 0.690. The molecule has 1 aromatic carbocycles. The third kappa shape index (κ3) is 5.22. The summed E-state index contributed by atoms with van der Waals surface area (Å²) >= 11 is 0. The molecule has 0 aromatic heterocycles. The molecule has 0 amide bonds. The normalized spacial score (nSPS) is 12.4. The minimum absolute atomic E-state index is 0.0336. The summed E-state index contributed by atoms with van der Waals surface area (Å²) in [5.74, 6) is 0.943. The fourth-order valence-electron chi connectivity index (χ4n) is 1.88. The molecule has 1 aromatic rings. The van der Waals surface area contributed by atoms with Crippen LogP contribution in [0.25, 0.3) is 0 Å². The molecule has 0 aliphatic heterocycles. The van der Waals surface area contributed by atoms with Gasteiger partial charge in [0.2, 0.25) is 0 Å². The van der Waals surface area contributed by atoms with Crippen molar-refractivity contribution in [3.8, 4) is 5.75 Å². The minimum atomic E-state index is 0.0336. The van der Waals surface area contributed by atoms with Crippen molar-refractivity contribution in [2.24, 2.45) is 5.73 Å². The van der Waals surface area contributed by atoms with Crippen LogP contribution in [0.15, 0.2) is 24.3 Å². The van der Waals surface area contributed by atoms with Crippen molar-refractivity contribution in [3.05, 3.63) is 29.8 Å². The van der Waals surface area contributed by atoms with Crippen LogP contribution in [0.5, 0.6) is 5.75 Å². The van der Waals surface area contributed by atoms with Crippen molar-refractivity contribution in [1.82, 2.24) is 0 Å². The Kier molecular flexibility index (Phi) is 6.71. The lowest BCUT2D eigenvalue weighted by atomic mass is 10.1. The zero-order chi connectivity index (χ0) is 12.5. The van der Waals surface area contributed by atoms with Gasteiger partial charge in [0.15, 0.2) is 0 Å². The number of rotatable bonds is 8. The molecule has 2 heteroatoms. The van der Waals surface area contributed by atoms with E-state index in [2.05, 4.69) is 6.92 Å². The molecule has 0 fully saturated rings. The maximum absolute atomic E-state index is 5.90. The highest BCUT2D eigenvalue weighted by Gasteiger charge is 2.06. The van der Waals surface area contributed by atoms with Gasteiger partial charge in [0.25, 0.3) is 0 Å². The van der Waals surface area contributed by atoms with E-state index in [1.54, 1.807) is 0 Å². The Morgan fingerprint density at radius 2 is 1.82 bits per heavy atom. The standard InChI is InChI=1S/C15H25NO/c1-3-4-5-6-9-12-17-15-11-8-7-10-14(15)13(2)16/h7-8,10-11,13H,3-6,9,12,16H2,1-2H3. The predicted octanol–water partition coefficient (Wildman–Crippen LogP) is 4.06. The van der Waals surface area contributed by atoms with Gasteiger partial charge in [0, 0.05) is 11.6 Å². The Hall–Kier alpha value is -1.02. The van der Waals surface area contributed by atoms with E-state index in [0.717, 1.165) is 24.3 Å². The molecule has 0 aliphatic carbocycles. The van der Waals surface area contributed by atoms with E-state index >= 15 is 0 Å². The Balaban J connectivity index is 2.31. The van der Waals surface area contributed by atoms with Crippen molar-refractivity contribution >= 4 is 0 Å². The van der Waals surface area contributed by atoms with Crippen LogP contribution in [0.2, 0.25) is 0 Å². The first-order chi connectivity index (χ1) is 8.25. The second kappa shape index (κ2) is 8.13. The third-order valence-electron chi connectivity index (χ3n) is 2.92. The summed E-state index contributed by atoms with van der Waals surface area (Å²) in [6.45, 7) is 5.02. The topological polar surface area (TPSA) is 35.2 Å². The lowest BCUT2D eigenvalue weighted by molar-refractivity contribution is 0.300. The van der Waals surface area contributed by atoms with E-state index < -0.39 is 0 Å². The summed E-state index contributed by atoms with van der Waals surface area (Å²) in [5, 5.41) is 0. The number of unbranched alkanes of at least 4 members (excludes halogenated alkanes) is 4. The summed E-state index contributed by atoms with van der Waals surface area (Å²) in [5.41, 5.74) is 7.00. The van der Waals surface area contributed by atoms with Crippen LogP contribution in [-0.2, 0) is 0 Å². The van der Waals surface area contributed by atoms with Crippen molar-refractivity contribution in [1.29, 1.82) is 0 Å². The van der Waals surface area contributed by atoms with E-state index in [0.29, 0.717) is 0 Å². The van der Waals surface area contributed by atoms with Crippen LogP contribution in [0, 0.1) is 0 Å².